The highest BCUT2D eigenvalue weighted by molar-refractivity contribution is 5.71. The van der Waals surface area contributed by atoms with Crippen LogP contribution < -0.4 is 0 Å². The highest BCUT2D eigenvalue weighted by Gasteiger charge is 2.19. The summed E-state index contributed by atoms with van der Waals surface area (Å²) >= 11 is 0. The van der Waals surface area contributed by atoms with E-state index in [1.807, 2.05) is 12.2 Å². The molecule has 6 heteroatoms. The maximum absolute atomic E-state index is 12.8. The van der Waals surface area contributed by atoms with E-state index in [9.17, 15) is 14.4 Å². The van der Waals surface area contributed by atoms with Gasteiger partial charge >= 0.3 is 17.9 Å². The fourth-order valence-corrected chi connectivity index (χ4v) is 7.08. The number of allylic oxidation sites excluding steroid dienone is 22. The Bertz CT molecular complexity index is 1510. The van der Waals surface area contributed by atoms with Gasteiger partial charge in [0.2, 0.25) is 0 Å². The quantitative estimate of drug-likeness (QED) is 0.0262. The predicted molar refractivity (Wildman–Crippen MR) is 297 cm³/mol. The smallest absolute Gasteiger partial charge is 0.306 e. The van der Waals surface area contributed by atoms with Crippen LogP contribution in [0.25, 0.3) is 0 Å². The SMILES string of the molecule is CC/C=C\C/C=C\C/C=C\C/C=C\C/C=C\C/C=C\CCC(=O)OC[C@H](COC(=O)CCCCCCCCCCCCCCC)OC(=O)CCCCC/C=C\C/C=C\C/C=C\C/C=C\C/C=C\CC. The summed E-state index contributed by atoms with van der Waals surface area (Å²) in [7, 11) is 0. The topological polar surface area (TPSA) is 78.9 Å². The lowest BCUT2D eigenvalue weighted by atomic mass is 10.0. The van der Waals surface area contributed by atoms with Crippen molar-refractivity contribution in [3.05, 3.63) is 134 Å². The molecule has 0 radical (unpaired) electrons. The van der Waals surface area contributed by atoms with Gasteiger partial charge in [0.05, 0.1) is 0 Å². The van der Waals surface area contributed by atoms with Crippen molar-refractivity contribution in [1.29, 1.82) is 0 Å². The zero-order valence-electron chi connectivity index (χ0n) is 44.3. The second kappa shape index (κ2) is 56.1. The standard InChI is InChI=1S/C63H100O6/c1-4-7-10-13-16-19-22-25-27-29-31-33-35-38-41-44-47-50-53-56-62(65)68-59-60(58-67-61(64)55-52-49-46-43-40-37-24-21-18-15-12-9-6-3)69-63(66)57-54-51-48-45-42-39-36-34-32-30-28-26-23-20-17-14-11-8-5-2/h7-8,10-11,16-17,19-20,25-28,31-34,38-39,41-42,47,50,60H,4-6,9,12-15,18,21-24,29-30,35-37,40,43-46,48-49,51-59H2,1-3H3/b10-7-,11-8-,19-16-,20-17-,27-25-,28-26-,33-31-,34-32-,41-38-,42-39-,50-47-/t60-/m0/s1. The van der Waals surface area contributed by atoms with E-state index in [-0.39, 0.29) is 44.0 Å². The lowest BCUT2D eigenvalue weighted by Crippen LogP contribution is -2.30. The summed E-state index contributed by atoms with van der Waals surface area (Å²) in [5.74, 6) is -1.04. The zero-order chi connectivity index (χ0) is 50.0. The van der Waals surface area contributed by atoms with E-state index in [1.165, 1.54) is 64.2 Å². The van der Waals surface area contributed by atoms with E-state index in [4.69, 9.17) is 14.2 Å². The van der Waals surface area contributed by atoms with Crippen LogP contribution in [-0.4, -0.2) is 37.2 Å². The predicted octanol–water partition coefficient (Wildman–Crippen LogP) is 18.6. The first-order valence-electron chi connectivity index (χ1n) is 27.7. The molecule has 0 heterocycles. The fourth-order valence-electron chi connectivity index (χ4n) is 7.08. The van der Waals surface area contributed by atoms with Crippen LogP contribution in [0.5, 0.6) is 0 Å². The highest BCUT2D eigenvalue weighted by atomic mass is 16.6. The molecule has 0 bridgehead atoms. The summed E-state index contributed by atoms with van der Waals surface area (Å²) in [5.41, 5.74) is 0. The minimum atomic E-state index is -0.829. The van der Waals surface area contributed by atoms with E-state index in [0.717, 1.165) is 109 Å². The molecule has 0 aliphatic carbocycles. The van der Waals surface area contributed by atoms with Gasteiger partial charge in [0.1, 0.15) is 13.2 Å². The molecule has 0 saturated heterocycles. The van der Waals surface area contributed by atoms with Gasteiger partial charge in [-0.3, -0.25) is 14.4 Å². The van der Waals surface area contributed by atoms with Gasteiger partial charge in [0.25, 0.3) is 0 Å². The maximum Gasteiger partial charge on any atom is 0.306 e. The molecule has 0 aromatic rings. The molecule has 0 spiro atoms. The van der Waals surface area contributed by atoms with Gasteiger partial charge < -0.3 is 14.2 Å². The molecule has 0 aromatic heterocycles. The van der Waals surface area contributed by atoms with Crippen molar-refractivity contribution >= 4 is 17.9 Å². The summed E-state index contributed by atoms with van der Waals surface area (Å²) < 4.78 is 16.7. The molecular formula is C63H100O6. The van der Waals surface area contributed by atoms with Crippen molar-refractivity contribution in [2.24, 2.45) is 0 Å². The van der Waals surface area contributed by atoms with E-state index >= 15 is 0 Å². The molecule has 1 atom stereocenters. The van der Waals surface area contributed by atoms with Crippen LogP contribution in [0.2, 0.25) is 0 Å². The maximum atomic E-state index is 12.8. The molecule has 0 aliphatic rings. The van der Waals surface area contributed by atoms with Gasteiger partial charge in [-0.25, -0.2) is 0 Å². The number of hydrogen-bond acceptors (Lipinski definition) is 6. The lowest BCUT2D eigenvalue weighted by Gasteiger charge is -2.18. The molecule has 0 N–H and O–H groups in total. The Morgan fingerprint density at radius 1 is 0.304 bits per heavy atom. The van der Waals surface area contributed by atoms with E-state index in [0.29, 0.717) is 19.3 Å². The Morgan fingerprint density at radius 3 is 0.971 bits per heavy atom. The number of carbonyl (C=O) groups is 3. The normalized spacial score (nSPS) is 13.1. The van der Waals surface area contributed by atoms with Crippen LogP contribution in [0.1, 0.15) is 226 Å². The third-order valence-corrected chi connectivity index (χ3v) is 11.2. The average molecular weight is 953 g/mol. The van der Waals surface area contributed by atoms with Crippen molar-refractivity contribution < 1.29 is 28.6 Å². The monoisotopic (exact) mass is 953 g/mol. The molecule has 0 rings (SSSR count). The Balaban J connectivity index is 4.58. The van der Waals surface area contributed by atoms with Crippen molar-refractivity contribution in [3.8, 4) is 0 Å². The Hall–Kier alpha value is -4.45. The van der Waals surface area contributed by atoms with Gasteiger partial charge in [-0.05, 0) is 103 Å². The number of hydrogen-bond donors (Lipinski definition) is 0. The largest absolute Gasteiger partial charge is 0.462 e. The van der Waals surface area contributed by atoms with Gasteiger partial charge in [0, 0.05) is 19.3 Å². The van der Waals surface area contributed by atoms with Crippen molar-refractivity contribution in [3.63, 3.8) is 0 Å². The fraction of sp³-hybridized carbons (Fsp3) is 0.603. The number of ether oxygens (including phenoxy) is 3. The first kappa shape index (κ1) is 64.5. The molecule has 0 aromatic carbocycles. The van der Waals surface area contributed by atoms with Gasteiger partial charge in [0.15, 0.2) is 6.10 Å². The van der Waals surface area contributed by atoms with Crippen LogP contribution >= 0.6 is 0 Å². The van der Waals surface area contributed by atoms with E-state index in [2.05, 4.69) is 142 Å². The zero-order valence-corrected chi connectivity index (χ0v) is 44.3. The molecular weight excluding hydrogens is 853 g/mol. The molecule has 0 unspecified atom stereocenters. The third kappa shape index (κ3) is 54.4. The van der Waals surface area contributed by atoms with Crippen molar-refractivity contribution in [2.45, 2.75) is 232 Å². The molecule has 69 heavy (non-hydrogen) atoms. The first-order valence-corrected chi connectivity index (χ1v) is 27.7. The molecule has 388 valence electrons. The third-order valence-electron chi connectivity index (χ3n) is 11.2. The average Bonchev–Trinajstić information content (AvgIpc) is 3.35. The molecule has 0 amide bonds. The number of unbranched alkanes of at least 4 members (excludes halogenated alkanes) is 15. The van der Waals surface area contributed by atoms with Gasteiger partial charge in [-0.2, -0.15) is 0 Å². The van der Waals surface area contributed by atoms with Crippen LogP contribution in [0.15, 0.2) is 134 Å². The van der Waals surface area contributed by atoms with E-state index < -0.39 is 6.10 Å². The van der Waals surface area contributed by atoms with Crippen LogP contribution in [0.3, 0.4) is 0 Å². The van der Waals surface area contributed by atoms with Crippen LogP contribution in [0.4, 0.5) is 0 Å². The summed E-state index contributed by atoms with van der Waals surface area (Å²) in [4.78, 5) is 38.1. The second-order valence-electron chi connectivity index (χ2n) is 17.7. The van der Waals surface area contributed by atoms with Crippen LogP contribution in [0, 0.1) is 0 Å². The van der Waals surface area contributed by atoms with Crippen molar-refractivity contribution in [1.82, 2.24) is 0 Å². The summed E-state index contributed by atoms with van der Waals surface area (Å²) in [6, 6.07) is 0. The Kier molecular flexibility index (Phi) is 52.5. The number of rotatable bonds is 48. The minimum absolute atomic E-state index is 0.118. The van der Waals surface area contributed by atoms with E-state index in [1.54, 1.807) is 0 Å². The first-order chi connectivity index (χ1) is 34.0. The number of carbonyl (C=O) groups excluding carboxylic acids is 3. The van der Waals surface area contributed by atoms with Crippen molar-refractivity contribution in [2.75, 3.05) is 13.2 Å². The molecule has 0 aliphatic heterocycles. The van der Waals surface area contributed by atoms with Gasteiger partial charge in [-0.1, -0.05) is 238 Å². The van der Waals surface area contributed by atoms with Crippen LogP contribution in [-0.2, 0) is 28.6 Å². The minimum Gasteiger partial charge on any atom is -0.462 e. The van der Waals surface area contributed by atoms with Gasteiger partial charge in [-0.15, -0.1) is 0 Å². The molecule has 0 fully saturated rings. The Morgan fingerprint density at radius 2 is 0.594 bits per heavy atom. The highest BCUT2D eigenvalue weighted by Crippen LogP contribution is 2.14. The summed E-state index contributed by atoms with van der Waals surface area (Å²) in [5, 5.41) is 0. The number of esters is 3. The Labute approximate surface area is 424 Å². The molecule has 0 saturated carbocycles. The lowest BCUT2D eigenvalue weighted by molar-refractivity contribution is -0.166. The summed E-state index contributed by atoms with van der Waals surface area (Å²) in [6.45, 7) is 6.31. The second-order valence-corrected chi connectivity index (χ2v) is 17.7. The molecule has 6 nitrogen and oxygen atoms in total. The summed E-state index contributed by atoms with van der Waals surface area (Å²) in [6.07, 6.45) is 78.8.